The number of aliphatic imine (C=N–C) groups is 2. The van der Waals surface area contributed by atoms with Crippen LogP contribution in [0.1, 0.15) is 46.0 Å². The molecule has 3 rings (SSSR count). The topological polar surface area (TPSA) is 76.7 Å². The molecule has 0 amide bonds. The molecule has 2 heterocycles. The Bertz CT molecular complexity index is 1040. The van der Waals surface area contributed by atoms with Gasteiger partial charge in [0.2, 0.25) is 5.96 Å². The largest absolute Gasteiger partial charge is 0.457 e. The lowest BCUT2D eigenvalue weighted by Gasteiger charge is -2.19. The van der Waals surface area contributed by atoms with Gasteiger partial charge in [0.05, 0.1) is 11.9 Å². The second-order valence-corrected chi connectivity index (χ2v) is 8.18. The summed E-state index contributed by atoms with van der Waals surface area (Å²) >= 11 is 0. The number of hydrogen-bond acceptors (Lipinski definition) is 4. The van der Waals surface area contributed by atoms with Gasteiger partial charge in [0.1, 0.15) is 11.5 Å². The van der Waals surface area contributed by atoms with Crippen LogP contribution < -0.4 is 10.1 Å². The van der Waals surface area contributed by atoms with Crippen molar-refractivity contribution in [3.05, 3.63) is 67.0 Å². The first-order valence-corrected chi connectivity index (χ1v) is 11.5. The first-order valence-electron chi connectivity index (χ1n) is 11.5. The zero-order valence-electron chi connectivity index (χ0n) is 19.9. The predicted molar refractivity (Wildman–Crippen MR) is 135 cm³/mol. The number of ether oxygens (including phenoxy) is 1. The maximum atomic E-state index is 6.01. The van der Waals surface area contributed by atoms with Crippen LogP contribution in [0.2, 0.25) is 0 Å². The van der Waals surface area contributed by atoms with Gasteiger partial charge in [-0.1, -0.05) is 25.8 Å². The van der Waals surface area contributed by atoms with Gasteiger partial charge in [0.15, 0.2) is 0 Å². The van der Waals surface area contributed by atoms with Crippen LogP contribution in [-0.2, 0) is 7.05 Å². The fourth-order valence-electron chi connectivity index (χ4n) is 3.71. The molecule has 7 heteroatoms. The Morgan fingerprint density at radius 3 is 2.82 bits per heavy atom. The summed E-state index contributed by atoms with van der Waals surface area (Å²) in [7, 11) is 1.88. The van der Waals surface area contributed by atoms with E-state index in [0.29, 0.717) is 23.4 Å². The Balaban J connectivity index is 1.64. The minimum atomic E-state index is 0.624. The molecule has 0 aliphatic heterocycles. The van der Waals surface area contributed by atoms with Crippen molar-refractivity contribution in [2.45, 2.75) is 46.0 Å². The zero-order valence-corrected chi connectivity index (χ0v) is 19.9. The summed E-state index contributed by atoms with van der Waals surface area (Å²) in [6, 6.07) is 3.70. The normalized spacial score (nSPS) is 16.3. The second kappa shape index (κ2) is 12.5. The summed E-state index contributed by atoms with van der Waals surface area (Å²) in [5, 5.41) is 7.49. The third-order valence-corrected chi connectivity index (χ3v) is 5.45. The van der Waals surface area contributed by atoms with E-state index in [4.69, 9.17) is 9.73 Å². The maximum Gasteiger partial charge on any atom is 0.221 e. The molecule has 2 aromatic rings. The van der Waals surface area contributed by atoms with Crippen LogP contribution >= 0.6 is 0 Å². The molecule has 0 spiro atoms. The Labute approximate surface area is 196 Å². The zero-order chi connectivity index (χ0) is 23.5. The van der Waals surface area contributed by atoms with Crippen molar-refractivity contribution in [2.24, 2.45) is 23.0 Å². The van der Waals surface area contributed by atoms with Crippen LogP contribution in [-0.4, -0.2) is 33.5 Å². The number of aryl methyl sites for hydroxylation is 1. The summed E-state index contributed by atoms with van der Waals surface area (Å²) in [5.74, 6) is 2.62. The molecule has 0 radical (unpaired) electrons. The van der Waals surface area contributed by atoms with Crippen LogP contribution in [0, 0.1) is 5.92 Å². The van der Waals surface area contributed by atoms with E-state index in [1.807, 2.05) is 51.4 Å². The molecule has 1 aliphatic rings. The molecule has 1 saturated carbocycles. The first-order chi connectivity index (χ1) is 16.1. The van der Waals surface area contributed by atoms with Crippen molar-refractivity contribution in [1.82, 2.24) is 20.1 Å². The Kier molecular flexibility index (Phi) is 9.18. The van der Waals surface area contributed by atoms with Crippen molar-refractivity contribution in [3.63, 3.8) is 0 Å². The van der Waals surface area contributed by atoms with Gasteiger partial charge >= 0.3 is 0 Å². The molecule has 0 atom stereocenters. The maximum absolute atomic E-state index is 6.01. The first kappa shape index (κ1) is 24.2. The number of hydrogen-bond donors (Lipinski definition) is 1. The van der Waals surface area contributed by atoms with Gasteiger partial charge in [-0.15, -0.1) is 0 Å². The molecule has 1 fully saturated rings. The molecule has 1 aliphatic carbocycles. The van der Waals surface area contributed by atoms with Gasteiger partial charge in [-0.25, -0.2) is 4.99 Å². The molecule has 7 nitrogen and oxygen atoms in total. The van der Waals surface area contributed by atoms with Crippen LogP contribution in [0.15, 0.2) is 77.0 Å². The van der Waals surface area contributed by atoms with Crippen molar-refractivity contribution in [1.29, 1.82) is 0 Å². The molecule has 0 saturated heterocycles. The summed E-state index contributed by atoms with van der Waals surface area (Å²) in [6.45, 7) is 8.57. The van der Waals surface area contributed by atoms with Crippen LogP contribution in [0.3, 0.4) is 0 Å². The Morgan fingerprint density at radius 1 is 1.30 bits per heavy atom. The fraction of sp³-hybridized carbons (Fsp3) is 0.385. The quantitative estimate of drug-likeness (QED) is 0.253. The second-order valence-electron chi connectivity index (χ2n) is 8.18. The van der Waals surface area contributed by atoms with Gasteiger partial charge in [-0.2, -0.15) is 5.10 Å². The van der Waals surface area contributed by atoms with Crippen molar-refractivity contribution in [3.8, 4) is 17.0 Å². The molecule has 2 aromatic heterocycles. The smallest absolute Gasteiger partial charge is 0.221 e. The molecule has 1 N–H and O–H groups in total. The highest BCUT2D eigenvalue weighted by Gasteiger charge is 2.13. The molecule has 0 bridgehead atoms. The number of guanidine groups is 1. The minimum Gasteiger partial charge on any atom is -0.457 e. The molecular weight excluding hydrogens is 412 g/mol. The lowest BCUT2D eigenvalue weighted by Crippen LogP contribution is -2.21. The number of nitrogens with one attached hydrogen (secondary N) is 1. The Hall–Kier alpha value is -3.48. The number of rotatable bonds is 8. The van der Waals surface area contributed by atoms with E-state index in [2.05, 4.69) is 27.0 Å². The van der Waals surface area contributed by atoms with Gasteiger partial charge < -0.3 is 10.1 Å². The number of aromatic nitrogens is 3. The van der Waals surface area contributed by atoms with Crippen molar-refractivity contribution >= 4 is 12.2 Å². The molecule has 33 heavy (non-hydrogen) atoms. The van der Waals surface area contributed by atoms with Crippen LogP contribution in [0.4, 0.5) is 0 Å². The van der Waals surface area contributed by atoms with Gasteiger partial charge in [-0.3, -0.25) is 14.7 Å². The average molecular weight is 447 g/mol. The number of pyridine rings is 1. The van der Waals surface area contributed by atoms with Crippen molar-refractivity contribution < 1.29 is 4.74 Å². The molecular formula is C26H34N6O. The molecule has 0 unspecified atom stereocenters. The van der Waals surface area contributed by atoms with E-state index in [1.165, 1.54) is 32.1 Å². The van der Waals surface area contributed by atoms with E-state index in [9.17, 15) is 0 Å². The average Bonchev–Trinajstić information content (AvgIpc) is 3.27. The monoisotopic (exact) mass is 446 g/mol. The number of allylic oxidation sites excluding steroid dienone is 4. The van der Waals surface area contributed by atoms with Crippen LogP contribution in [0.5, 0.6) is 5.75 Å². The molecule has 0 aromatic carbocycles. The summed E-state index contributed by atoms with van der Waals surface area (Å²) in [4.78, 5) is 13.5. The highest BCUT2D eigenvalue weighted by atomic mass is 16.5. The summed E-state index contributed by atoms with van der Waals surface area (Å²) in [6.07, 6.45) is 19.2. The van der Waals surface area contributed by atoms with Crippen LogP contribution in [0.25, 0.3) is 11.3 Å². The highest BCUT2D eigenvalue weighted by molar-refractivity contribution is 5.88. The molecule has 174 valence electrons. The van der Waals surface area contributed by atoms with Crippen molar-refractivity contribution in [2.75, 3.05) is 6.54 Å². The van der Waals surface area contributed by atoms with Gasteiger partial charge in [-0.05, 0) is 56.9 Å². The van der Waals surface area contributed by atoms with E-state index in [1.54, 1.807) is 29.4 Å². The third kappa shape index (κ3) is 7.86. The van der Waals surface area contributed by atoms with Gasteiger partial charge in [0, 0.05) is 49.5 Å². The third-order valence-electron chi connectivity index (χ3n) is 5.45. The fourth-order valence-corrected chi connectivity index (χ4v) is 3.71. The highest BCUT2D eigenvalue weighted by Crippen LogP contribution is 2.24. The van der Waals surface area contributed by atoms with E-state index in [-0.39, 0.29) is 0 Å². The Morgan fingerprint density at radius 2 is 2.12 bits per heavy atom. The lowest BCUT2D eigenvalue weighted by molar-refractivity contribution is 0.366. The van der Waals surface area contributed by atoms with E-state index >= 15 is 0 Å². The van der Waals surface area contributed by atoms with E-state index < -0.39 is 0 Å². The number of nitrogens with zero attached hydrogens (tertiary/aromatic N) is 5. The standard InChI is InChI=1S/C26H34N6O/c1-5-23(33-24-14-15-28-25(16-24)22-18-30-32(4)19-22)13-12-20(3)31-26(27-6-2)29-17-21-10-8-7-9-11-21/h5-6,12-16,18-19,21H,1,7-11,17H2,2-4H3,(H,29,31)/b20-12+,23-13+,27-6?. The van der Waals surface area contributed by atoms with Gasteiger partial charge in [0.25, 0.3) is 0 Å². The lowest BCUT2D eigenvalue weighted by atomic mass is 9.89. The van der Waals surface area contributed by atoms with E-state index in [0.717, 1.165) is 23.5 Å². The predicted octanol–water partition coefficient (Wildman–Crippen LogP) is 5.45. The SMILES string of the molecule is C=C/C(=C\C=C(/C)NC(N=CC)=NCC1CCCCC1)Oc1ccnc(-c2cnn(C)c2)c1. The summed E-state index contributed by atoms with van der Waals surface area (Å²) < 4.78 is 7.75. The summed E-state index contributed by atoms with van der Waals surface area (Å²) in [5.41, 5.74) is 2.65. The minimum absolute atomic E-state index is 0.624.